The van der Waals surface area contributed by atoms with Gasteiger partial charge in [-0.25, -0.2) is 9.59 Å². The van der Waals surface area contributed by atoms with Gasteiger partial charge in [0.1, 0.15) is 19.8 Å². The molecule has 0 heterocycles. The van der Waals surface area contributed by atoms with Crippen LogP contribution in [0.4, 0.5) is 0 Å². The van der Waals surface area contributed by atoms with Gasteiger partial charge in [0.05, 0.1) is 17.7 Å². The SMILES string of the molecule is C.C.COCCOC(=O)c1ccc(C(=O)OCCO[P+](C)=O)cc1. The van der Waals surface area contributed by atoms with Crippen molar-refractivity contribution >= 4 is 20.0 Å². The molecule has 0 aliphatic rings. The smallest absolute Gasteiger partial charge is 0.460 e. The van der Waals surface area contributed by atoms with Crippen LogP contribution in [0.25, 0.3) is 0 Å². The Morgan fingerprint density at radius 2 is 1.29 bits per heavy atom. The Morgan fingerprint density at radius 1 is 0.875 bits per heavy atom. The number of hydrogen-bond acceptors (Lipinski definition) is 7. The van der Waals surface area contributed by atoms with E-state index in [1.165, 1.54) is 38.0 Å². The molecule has 0 aliphatic heterocycles. The van der Waals surface area contributed by atoms with Gasteiger partial charge in [-0.3, -0.25) is 0 Å². The van der Waals surface area contributed by atoms with Crippen molar-refractivity contribution in [2.45, 2.75) is 14.9 Å². The molecule has 0 aromatic heterocycles. The molecule has 8 heteroatoms. The highest BCUT2D eigenvalue weighted by Gasteiger charge is 2.12. The highest BCUT2D eigenvalue weighted by molar-refractivity contribution is 7.38. The maximum Gasteiger partial charge on any atom is 0.504 e. The minimum absolute atomic E-state index is 0. The van der Waals surface area contributed by atoms with Gasteiger partial charge in [0.2, 0.25) is 0 Å². The van der Waals surface area contributed by atoms with Crippen molar-refractivity contribution in [3.63, 3.8) is 0 Å². The molecule has 1 rings (SSSR count). The van der Waals surface area contributed by atoms with E-state index in [-0.39, 0.29) is 34.7 Å². The molecule has 0 bridgehead atoms. The summed E-state index contributed by atoms with van der Waals surface area (Å²) in [6.45, 7) is 1.98. The molecule has 0 spiro atoms. The van der Waals surface area contributed by atoms with Crippen molar-refractivity contribution in [3.8, 4) is 0 Å². The van der Waals surface area contributed by atoms with Crippen LogP contribution in [0.15, 0.2) is 24.3 Å². The molecule has 7 nitrogen and oxygen atoms in total. The molecule has 0 N–H and O–H groups in total. The Kier molecular flexibility index (Phi) is 13.8. The quantitative estimate of drug-likeness (QED) is 0.379. The average molecular weight is 361 g/mol. The van der Waals surface area contributed by atoms with Gasteiger partial charge >= 0.3 is 20.0 Å². The average Bonchev–Trinajstić information content (AvgIpc) is 2.51. The molecule has 1 aromatic carbocycles. The van der Waals surface area contributed by atoms with Crippen molar-refractivity contribution in [2.24, 2.45) is 0 Å². The standard InChI is InChI=1S/C14H18O7P.2CH4/c1-18-7-8-19-13(15)11-3-5-12(6-4-11)14(16)20-9-10-21-22(2)17;;/h3-6H,7-10H2,1-2H3;2*1H4/q+1;;. The van der Waals surface area contributed by atoms with Crippen LogP contribution in [0.1, 0.15) is 35.6 Å². The second kappa shape index (κ2) is 13.6. The molecule has 1 aromatic rings. The van der Waals surface area contributed by atoms with Gasteiger partial charge in [-0.15, -0.1) is 4.52 Å². The third-order valence-corrected chi connectivity index (χ3v) is 3.01. The van der Waals surface area contributed by atoms with E-state index in [9.17, 15) is 14.2 Å². The van der Waals surface area contributed by atoms with Gasteiger partial charge < -0.3 is 14.2 Å². The van der Waals surface area contributed by atoms with Crippen LogP contribution in [0, 0.1) is 0 Å². The van der Waals surface area contributed by atoms with Crippen LogP contribution >= 0.6 is 8.03 Å². The maximum atomic E-state index is 11.7. The predicted octanol–water partition coefficient (Wildman–Crippen LogP) is 3.31. The van der Waals surface area contributed by atoms with Crippen LogP contribution in [0.2, 0.25) is 0 Å². The number of esters is 2. The van der Waals surface area contributed by atoms with Crippen molar-refractivity contribution in [1.82, 2.24) is 0 Å². The number of ether oxygens (including phenoxy) is 3. The molecule has 0 saturated heterocycles. The Labute approximate surface area is 144 Å². The molecule has 0 fully saturated rings. The zero-order valence-corrected chi connectivity index (χ0v) is 13.3. The van der Waals surface area contributed by atoms with Crippen LogP contribution < -0.4 is 0 Å². The molecule has 0 saturated carbocycles. The lowest BCUT2D eigenvalue weighted by Gasteiger charge is -2.05. The first-order chi connectivity index (χ1) is 10.5. The fourth-order valence-electron chi connectivity index (χ4n) is 1.43. The predicted molar refractivity (Wildman–Crippen MR) is 91.8 cm³/mol. The van der Waals surface area contributed by atoms with Gasteiger partial charge in [-0.2, -0.15) is 0 Å². The minimum atomic E-state index is -1.71. The largest absolute Gasteiger partial charge is 0.504 e. The third kappa shape index (κ3) is 9.35. The minimum Gasteiger partial charge on any atom is -0.460 e. The lowest BCUT2D eigenvalue weighted by atomic mass is 10.1. The number of carbonyl (C=O) groups excluding carboxylic acids is 2. The summed E-state index contributed by atoms with van der Waals surface area (Å²) in [6, 6.07) is 5.89. The summed E-state index contributed by atoms with van der Waals surface area (Å²) >= 11 is 0. The van der Waals surface area contributed by atoms with Gasteiger partial charge in [0, 0.05) is 7.11 Å². The highest BCUT2D eigenvalue weighted by Crippen LogP contribution is 2.14. The van der Waals surface area contributed by atoms with E-state index < -0.39 is 20.0 Å². The lowest BCUT2D eigenvalue weighted by molar-refractivity contribution is 0.0386. The van der Waals surface area contributed by atoms with Gasteiger partial charge in [-0.1, -0.05) is 14.9 Å². The maximum absolute atomic E-state index is 11.7. The number of hydrogen-bond donors (Lipinski definition) is 0. The third-order valence-electron chi connectivity index (χ3n) is 2.47. The molecular formula is C16H26O7P+. The van der Waals surface area contributed by atoms with E-state index in [1.807, 2.05) is 0 Å². The molecular weight excluding hydrogens is 335 g/mol. The summed E-state index contributed by atoms with van der Waals surface area (Å²) in [4.78, 5) is 23.3. The molecule has 0 radical (unpaired) electrons. The van der Waals surface area contributed by atoms with E-state index in [1.54, 1.807) is 0 Å². The van der Waals surface area contributed by atoms with Crippen LogP contribution in [-0.4, -0.2) is 52.1 Å². The van der Waals surface area contributed by atoms with Crippen molar-refractivity contribution < 1.29 is 32.9 Å². The zero-order chi connectivity index (χ0) is 16.4. The van der Waals surface area contributed by atoms with E-state index in [4.69, 9.17) is 18.7 Å². The second-order valence-corrected chi connectivity index (χ2v) is 5.25. The van der Waals surface area contributed by atoms with Crippen molar-refractivity contribution in [3.05, 3.63) is 35.4 Å². The summed E-state index contributed by atoms with van der Waals surface area (Å²) in [5.41, 5.74) is 0.633. The topological polar surface area (TPSA) is 88.1 Å². The van der Waals surface area contributed by atoms with Gasteiger partial charge in [0.15, 0.2) is 6.66 Å². The number of carbonyl (C=O) groups is 2. The summed E-state index contributed by atoms with van der Waals surface area (Å²) < 4.78 is 30.1. The van der Waals surface area contributed by atoms with E-state index in [0.717, 1.165) is 0 Å². The summed E-state index contributed by atoms with van der Waals surface area (Å²) in [5, 5.41) is 0. The zero-order valence-electron chi connectivity index (χ0n) is 12.4. The molecule has 0 amide bonds. The molecule has 1 unspecified atom stereocenters. The summed E-state index contributed by atoms with van der Waals surface area (Å²) in [7, 11) is -0.194. The highest BCUT2D eigenvalue weighted by atomic mass is 31.1. The number of methoxy groups -OCH3 is 1. The molecule has 1 atom stereocenters. The van der Waals surface area contributed by atoms with Crippen LogP contribution in [0.5, 0.6) is 0 Å². The van der Waals surface area contributed by atoms with E-state index in [2.05, 4.69) is 0 Å². The first-order valence-electron chi connectivity index (χ1n) is 6.51. The summed E-state index contributed by atoms with van der Waals surface area (Å²) in [5.74, 6) is -1.04. The second-order valence-electron chi connectivity index (χ2n) is 4.11. The first kappa shape index (κ1) is 24.4. The summed E-state index contributed by atoms with van der Waals surface area (Å²) in [6.07, 6.45) is 0. The van der Waals surface area contributed by atoms with Gasteiger partial charge in [-0.05, 0) is 28.8 Å². The molecule has 24 heavy (non-hydrogen) atoms. The fraction of sp³-hybridized carbons (Fsp3) is 0.500. The van der Waals surface area contributed by atoms with E-state index in [0.29, 0.717) is 17.7 Å². The molecule has 136 valence electrons. The Balaban J connectivity index is 0. The Bertz CT molecular complexity index is 514. The monoisotopic (exact) mass is 361 g/mol. The fourth-order valence-corrected chi connectivity index (χ4v) is 1.76. The lowest BCUT2D eigenvalue weighted by Crippen LogP contribution is -2.11. The van der Waals surface area contributed by atoms with E-state index >= 15 is 0 Å². The Morgan fingerprint density at radius 3 is 1.67 bits per heavy atom. The molecule has 0 aliphatic carbocycles. The van der Waals surface area contributed by atoms with Crippen molar-refractivity contribution in [1.29, 1.82) is 0 Å². The number of rotatable bonds is 9. The number of benzene rings is 1. The van der Waals surface area contributed by atoms with Crippen molar-refractivity contribution in [2.75, 3.05) is 40.2 Å². The van der Waals surface area contributed by atoms with Crippen LogP contribution in [0.3, 0.4) is 0 Å². The normalized spacial score (nSPS) is 10.0. The van der Waals surface area contributed by atoms with Gasteiger partial charge in [0.25, 0.3) is 0 Å². The first-order valence-corrected chi connectivity index (χ1v) is 8.14. The Hall–Kier alpha value is -1.82. The van der Waals surface area contributed by atoms with Crippen LogP contribution in [-0.2, 0) is 23.3 Å².